The standard InChI is InChI=1S/C32H42FNO6/c1-20-17-26-25-12-7-21-18-22(35)13-14-29(21,2)31(25,33)27(36)19-30(26,3)32(20,38)28(37)34-15-5-6-16-40-24-10-8-23(39-4)9-11-24/h8-11,13-14,18,20,25-27,36,38H,5-7,12,15-17,19H2,1-4H3,(H,34,37)/t20-,25+,26+,27+,29+,30+,31+,32+/m1/s1. The van der Waals surface area contributed by atoms with Crippen LogP contribution < -0.4 is 14.8 Å². The normalized spacial score (nSPS) is 40.0. The van der Waals surface area contributed by atoms with Gasteiger partial charge in [-0.15, -0.1) is 0 Å². The number of hydrogen-bond acceptors (Lipinski definition) is 6. The first-order valence-electron chi connectivity index (χ1n) is 14.5. The number of unbranched alkanes of at least 4 members (excludes halogenated alkanes) is 1. The quantitative estimate of drug-likeness (QED) is 0.413. The van der Waals surface area contributed by atoms with Crippen molar-refractivity contribution < 1.29 is 33.7 Å². The van der Waals surface area contributed by atoms with E-state index in [0.717, 1.165) is 23.5 Å². The average molecular weight is 556 g/mol. The zero-order chi connectivity index (χ0) is 28.9. The van der Waals surface area contributed by atoms with Gasteiger partial charge in [0.2, 0.25) is 0 Å². The van der Waals surface area contributed by atoms with Crippen LogP contribution in [-0.2, 0) is 9.59 Å². The van der Waals surface area contributed by atoms with Gasteiger partial charge in [0.15, 0.2) is 17.1 Å². The summed E-state index contributed by atoms with van der Waals surface area (Å²) in [6.07, 6.45) is 6.03. The number of rotatable bonds is 8. The number of aliphatic hydroxyl groups excluding tert-OH is 1. The Bertz CT molecular complexity index is 1210. The van der Waals surface area contributed by atoms with Crippen LogP contribution in [0, 0.1) is 28.6 Å². The Morgan fingerprint density at radius 1 is 1.15 bits per heavy atom. The Morgan fingerprint density at radius 3 is 2.55 bits per heavy atom. The molecule has 4 aliphatic rings. The summed E-state index contributed by atoms with van der Waals surface area (Å²) in [5.41, 5.74) is -5.07. The van der Waals surface area contributed by atoms with E-state index in [-0.39, 0.29) is 18.1 Å². The molecule has 0 radical (unpaired) electrons. The lowest BCUT2D eigenvalue weighted by Gasteiger charge is -2.62. The van der Waals surface area contributed by atoms with Crippen LogP contribution in [0.4, 0.5) is 4.39 Å². The lowest BCUT2D eigenvalue weighted by molar-refractivity contribution is -0.219. The van der Waals surface area contributed by atoms with Crippen molar-refractivity contribution in [3.05, 3.63) is 48.1 Å². The number of allylic oxidation sites excluding steroid dienone is 4. The minimum Gasteiger partial charge on any atom is -0.497 e. The van der Waals surface area contributed by atoms with Crippen molar-refractivity contribution >= 4 is 11.7 Å². The first-order valence-corrected chi connectivity index (χ1v) is 14.5. The van der Waals surface area contributed by atoms with Crippen LogP contribution in [0.25, 0.3) is 0 Å². The summed E-state index contributed by atoms with van der Waals surface area (Å²) >= 11 is 0. The second-order valence-corrected chi connectivity index (χ2v) is 12.7. The van der Waals surface area contributed by atoms with Crippen molar-refractivity contribution in [1.82, 2.24) is 5.32 Å². The third-order valence-electron chi connectivity index (χ3n) is 10.8. The van der Waals surface area contributed by atoms with Gasteiger partial charge in [0.25, 0.3) is 5.91 Å². The van der Waals surface area contributed by atoms with Gasteiger partial charge in [-0.3, -0.25) is 9.59 Å². The molecule has 0 unspecified atom stereocenters. The van der Waals surface area contributed by atoms with Crippen LogP contribution >= 0.6 is 0 Å². The van der Waals surface area contributed by atoms with Crippen LogP contribution in [0.5, 0.6) is 11.5 Å². The number of aliphatic hydroxyl groups is 2. The van der Waals surface area contributed by atoms with Gasteiger partial charge in [0.05, 0.1) is 19.8 Å². The molecule has 8 atom stereocenters. The maximum atomic E-state index is 17.3. The molecule has 3 saturated carbocycles. The average Bonchev–Trinajstić information content (AvgIpc) is 3.13. The zero-order valence-corrected chi connectivity index (χ0v) is 23.9. The van der Waals surface area contributed by atoms with Crippen molar-refractivity contribution in [2.24, 2.45) is 28.6 Å². The third-order valence-corrected chi connectivity index (χ3v) is 10.8. The first kappa shape index (κ1) is 28.8. The smallest absolute Gasteiger partial charge is 0.252 e. The van der Waals surface area contributed by atoms with Crippen molar-refractivity contribution in [2.45, 2.75) is 76.7 Å². The van der Waals surface area contributed by atoms with Crippen molar-refractivity contribution in [1.29, 1.82) is 0 Å². The van der Waals surface area contributed by atoms with E-state index < -0.39 is 45.9 Å². The number of halogens is 1. The number of alkyl halides is 1. The Kier molecular flexibility index (Phi) is 7.41. The van der Waals surface area contributed by atoms with E-state index >= 15 is 4.39 Å². The molecule has 218 valence electrons. The fourth-order valence-corrected chi connectivity index (χ4v) is 8.46. The number of ketones is 1. The summed E-state index contributed by atoms with van der Waals surface area (Å²) < 4.78 is 28.2. The van der Waals surface area contributed by atoms with E-state index in [2.05, 4.69) is 5.32 Å². The van der Waals surface area contributed by atoms with E-state index in [0.29, 0.717) is 38.8 Å². The molecule has 0 heterocycles. The van der Waals surface area contributed by atoms with Gasteiger partial charge in [0.1, 0.15) is 11.5 Å². The summed E-state index contributed by atoms with van der Waals surface area (Å²) in [5, 5.41) is 26.4. The second-order valence-electron chi connectivity index (χ2n) is 12.7. The predicted octanol–water partition coefficient (Wildman–Crippen LogP) is 4.32. The second kappa shape index (κ2) is 10.3. The van der Waals surface area contributed by atoms with Gasteiger partial charge < -0.3 is 25.0 Å². The van der Waals surface area contributed by atoms with Gasteiger partial charge in [-0.25, -0.2) is 4.39 Å². The highest BCUT2D eigenvalue weighted by Crippen LogP contribution is 2.70. The number of ether oxygens (including phenoxy) is 2. The fraction of sp³-hybridized carbons (Fsp3) is 0.625. The number of fused-ring (bicyclic) bond motifs is 5. The summed E-state index contributed by atoms with van der Waals surface area (Å²) in [6, 6.07) is 7.34. The van der Waals surface area contributed by atoms with Crippen molar-refractivity contribution in [3.63, 3.8) is 0 Å². The molecule has 7 nitrogen and oxygen atoms in total. The molecule has 3 fully saturated rings. The van der Waals surface area contributed by atoms with Crippen LogP contribution in [0.15, 0.2) is 48.1 Å². The lowest BCUT2D eigenvalue weighted by atomic mass is 9.44. The Morgan fingerprint density at radius 2 is 1.85 bits per heavy atom. The SMILES string of the molecule is COc1ccc(OCCCCNC(=O)[C@@]2(O)[C@H](C)C[C@H]3[C@@H]4CCC5=CC(=O)C=C[C@]5(C)[C@@]4(F)[C@@H](O)C[C@@]32C)cc1. The molecule has 8 heteroatoms. The molecule has 4 aliphatic carbocycles. The van der Waals surface area contributed by atoms with Gasteiger partial charge in [-0.05, 0) is 93.7 Å². The summed E-state index contributed by atoms with van der Waals surface area (Å²) in [4.78, 5) is 25.6. The van der Waals surface area contributed by atoms with Crippen LogP contribution in [0.3, 0.4) is 0 Å². The van der Waals surface area contributed by atoms with E-state index in [4.69, 9.17) is 9.47 Å². The molecule has 5 rings (SSSR count). The molecule has 3 N–H and O–H groups in total. The van der Waals surface area contributed by atoms with Gasteiger partial charge in [-0.2, -0.15) is 0 Å². The number of hydrogen-bond donors (Lipinski definition) is 3. The van der Waals surface area contributed by atoms with Crippen LogP contribution in [0.1, 0.15) is 59.3 Å². The van der Waals surface area contributed by atoms with Crippen molar-refractivity contribution in [2.75, 3.05) is 20.3 Å². The maximum Gasteiger partial charge on any atom is 0.252 e. The van der Waals surface area contributed by atoms with E-state index in [1.807, 2.05) is 38.1 Å². The minimum atomic E-state index is -1.98. The number of carbonyl (C=O) groups is 2. The monoisotopic (exact) mass is 555 g/mol. The van der Waals surface area contributed by atoms with Crippen molar-refractivity contribution in [3.8, 4) is 11.5 Å². The molecule has 0 saturated heterocycles. The molecular formula is C32H42FNO6. The zero-order valence-electron chi connectivity index (χ0n) is 23.9. The minimum absolute atomic E-state index is 0.0285. The van der Waals surface area contributed by atoms with E-state index in [9.17, 15) is 19.8 Å². The molecule has 0 bridgehead atoms. The number of amides is 1. The summed E-state index contributed by atoms with van der Waals surface area (Å²) in [5.74, 6) is -0.331. The Balaban J connectivity index is 1.24. The topological polar surface area (TPSA) is 105 Å². The maximum absolute atomic E-state index is 17.3. The lowest BCUT2D eigenvalue weighted by Crippen LogP contribution is -2.70. The molecule has 0 aromatic heterocycles. The highest BCUT2D eigenvalue weighted by molar-refractivity contribution is 6.01. The third kappa shape index (κ3) is 4.13. The number of methoxy groups -OCH3 is 1. The molecule has 1 aromatic rings. The highest BCUT2D eigenvalue weighted by Gasteiger charge is 2.75. The van der Waals surface area contributed by atoms with E-state index in [1.165, 1.54) is 12.2 Å². The molecule has 1 amide bonds. The van der Waals surface area contributed by atoms with Crippen LogP contribution in [0.2, 0.25) is 0 Å². The first-order chi connectivity index (χ1) is 18.9. The largest absolute Gasteiger partial charge is 0.497 e. The van der Waals surface area contributed by atoms with Gasteiger partial charge in [0, 0.05) is 23.3 Å². The van der Waals surface area contributed by atoms with Gasteiger partial charge >= 0.3 is 0 Å². The predicted molar refractivity (Wildman–Crippen MR) is 149 cm³/mol. The molecule has 0 spiro atoms. The molecule has 1 aromatic carbocycles. The number of benzene rings is 1. The molecule has 0 aliphatic heterocycles. The fourth-order valence-electron chi connectivity index (χ4n) is 8.46. The number of nitrogens with one attached hydrogen (secondary N) is 1. The summed E-state index contributed by atoms with van der Waals surface area (Å²) in [7, 11) is 1.61. The molecular weight excluding hydrogens is 513 g/mol. The van der Waals surface area contributed by atoms with E-state index in [1.54, 1.807) is 20.1 Å². The Hall–Kier alpha value is -2.71. The highest BCUT2D eigenvalue weighted by atomic mass is 19.1. The van der Waals surface area contributed by atoms with Crippen LogP contribution in [-0.4, -0.2) is 59.5 Å². The summed E-state index contributed by atoms with van der Waals surface area (Å²) in [6.45, 7) is 6.35. The molecule has 40 heavy (non-hydrogen) atoms. The number of carbonyl (C=O) groups excluding carboxylic acids is 2. The van der Waals surface area contributed by atoms with Gasteiger partial charge in [-0.1, -0.05) is 25.5 Å². The Labute approximate surface area is 235 Å².